The van der Waals surface area contributed by atoms with Crippen molar-refractivity contribution in [3.05, 3.63) is 58.8 Å². The first-order valence-corrected chi connectivity index (χ1v) is 13.5. The van der Waals surface area contributed by atoms with E-state index in [1.165, 1.54) is 0 Å². The third-order valence-corrected chi connectivity index (χ3v) is 9.23. The molecular formula is C27H28ClF3N6O2. The van der Waals surface area contributed by atoms with Crippen LogP contribution in [-0.2, 0) is 13.1 Å². The Bertz CT molecular complexity index is 1430. The van der Waals surface area contributed by atoms with Gasteiger partial charge in [-0.3, -0.25) is 9.47 Å². The van der Waals surface area contributed by atoms with Gasteiger partial charge in [0, 0.05) is 61.1 Å². The Balaban J connectivity index is 1.11. The molecule has 1 saturated heterocycles. The third-order valence-electron chi connectivity index (χ3n) is 8.99. The van der Waals surface area contributed by atoms with Gasteiger partial charge in [0.25, 0.3) is 0 Å². The molecule has 2 aliphatic heterocycles. The van der Waals surface area contributed by atoms with E-state index >= 15 is 0 Å². The first-order valence-electron chi connectivity index (χ1n) is 13.1. The number of hydrogen-bond donors (Lipinski definition) is 1. The van der Waals surface area contributed by atoms with Gasteiger partial charge in [0.15, 0.2) is 23.0 Å². The minimum atomic E-state index is -4.64. The SMILES string of the molecule is COc1cccnc1N1CC2(CC(c3nnc4n3-c3ccc(Cl)cc3CN(C3CC(O)(C(F)(F)F)C3)C4)C2)C1. The first kappa shape index (κ1) is 25.1. The van der Waals surface area contributed by atoms with Crippen molar-refractivity contribution in [2.24, 2.45) is 5.41 Å². The van der Waals surface area contributed by atoms with Crippen LogP contribution in [0, 0.1) is 5.41 Å². The Morgan fingerprint density at radius 2 is 1.85 bits per heavy atom. The van der Waals surface area contributed by atoms with E-state index in [0.717, 1.165) is 54.6 Å². The largest absolute Gasteiger partial charge is 0.493 e. The van der Waals surface area contributed by atoms with Crippen LogP contribution in [0.25, 0.3) is 5.69 Å². The van der Waals surface area contributed by atoms with Crippen LogP contribution in [0.1, 0.15) is 48.8 Å². The van der Waals surface area contributed by atoms with Gasteiger partial charge in [0.05, 0.1) is 19.3 Å². The maximum absolute atomic E-state index is 13.3. The lowest BCUT2D eigenvalue weighted by molar-refractivity contribution is -0.300. The van der Waals surface area contributed by atoms with E-state index in [1.807, 2.05) is 35.2 Å². The van der Waals surface area contributed by atoms with Gasteiger partial charge in [-0.05, 0) is 48.7 Å². The molecule has 206 valence electrons. The normalized spacial score (nSPS) is 26.2. The van der Waals surface area contributed by atoms with Gasteiger partial charge in [0.1, 0.15) is 5.82 Å². The van der Waals surface area contributed by atoms with Crippen LogP contribution in [0.2, 0.25) is 5.02 Å². The van der Waals surface area contributed by atoms with Gasteiger partial charge in [-0.2, -0.15) is 13.2 Å². The number of aromatic nitrogens is 4. The second-order valence-electron chi connectivity index (χ2n) is 11.6. The van der Waals surface area contributed by atoms with E-state index in [-0.39, 0.29) is 24.2 Å². The van der Waals surface area contributed by atoms with Crippen molar-refractivity contribution in [2.75, 3.05) is 25.1 Å². The van der Waals surface area contributed by atoms with Crippen molar-refractivity contribution >= 4 is 17.4 Å². The molecule has 3 fully saturated rings. The van der Waals surface area contributed by atoms with Crippen LogP contribution < -0.4 is 9.64 Å². The minimum Gasteiger partial charge on any atom is -0.493 e. The Labute approximate surface area is 228 Å². The molecule has 1 aromatic carbocycles. The van der Waals surface area contributed by atoms with Gasteiger partial charge in [0.2, 0.25) is 0 Å². The fourth-order valence-corrected chi connectivity index (χ4v) is 7.10. The van der Waals surface area contributed by atoms with E-state index < -0.39 is 17.8 Å². The smallest absolute Gasteiger partial charge is 0.417 e. The van der Waals surface area contributed by atoms with Gasteiger partial charge in [-0.25, -0.2) is 4.98 Å². The van der Waals surface area contributed by atoms with Crippen molar-refractivity contribution in [3.63, 3.8) is 0 Å². The number of nitrogens with zero attached hydrogens (tertiary/aromatic N) is 6. The zero-order chi connectivity index (χ0) is 27.2. The van der Waals surface area contributed by atoms with Gasteiger partial charge in [-0.1, -0.05) is 11.6 Å². The number of benzene rings is 1. The molecular weight excluding hydrogens is 533 g/mol. The molecule has 0 radical (unpaired) electrons. The quantitative estimate of drug-likeness (QED) is 0.504. The molecule has 7 rings (SSSR count). The molecule has 0 bridgehead atoms. The number of alkyl halides is 3. The summed E-state index contributed by atoms with van der Waals surface area (Å²) in [5, 5.41) is 19.7. The monoisotopic (exact) mass is 560 g/mol. The predicted octanol–water partition coefficient (Wildman–Crippen LogP) is 4.48. The van der Waals surface area contributed by atoms with Crippen molar-refractivity contribution < 1.29 is 23.0 Å². The summed E-state index contributed by atoms with van der Waals surface area (Å²) in [7, 11) is 1.65. The lowest BCUT2D eigenvalue weighted by atomic mass is 9.57. The molecule has 2 aromatic heterocycles. The summed E-state index contributed by atoms with van der Waals surface area (Å²) in [5.74, 6) is 3.45. The molecule has 0 unspecified atom stereocenters. The van der Waals surface area contributed by atoms with Crippen molar-refractivity contribution in [3.8, 4) is 11.4 Å². The van der Waals surface area contributed by atoms with Gasteiger partial charge in [-0.15, -0.1) is 10.2 Å². The van der Waals surface area contributed by atoms with Gasteiger partial charge < -0.3 is 14.7 Å². The molecule has 4 heterocycles. The number of pyridine rings is 1. The standard InChI is InChI=1S/C27H28ClF3N6O2/c1-39-21-3-2-6-32-24(21)36-14-25(15-36)8-17(9-25)23-34-33-22-13-35(19-10-26(38,11-19)27(29,30)31)12-16-7-18(28)4-5-20(16)37(22)23/h2-7,17,19,38H,8-15H2,1H3. The predicted molar refractivity (Wildman–Crippen MR) is 137 cm³/mol. The second-order valence-corrected chi connectivity index (χ2v) is 12.0. The van der Waals surface area contributed by atoms with E-state index in [4.69, 9.17) is 16.3 Å². The Morgan fingerprint density at radius 1 is 1.08 bits per heavy atom. The van der Waals surface area contributed by atoms with E-state index in [0.29, 0.717) is 23.9 Å². The van der Waals surface area contributed by atoms with Crippen molar-refractivity contribution in [1.82, 2.24) is 24.6 Å². The molecule has 2 aliphatic carbocycles. The minimum absolute atomic E-state index is 0.202. The maximum atomic E-state index is 13.3. The van der Waals surface area contributed by atoms with Gasteiger partial charge >= 0.3 is 6.18 Å². The molecule has 39 heavy (non-hydrogen) atoms. The van der Waals surface area contributed by atoms with Crippen LogP contribution in [0.3, 0.4) is 0 Å². The van der Waals surface area contributed by atoms with Crippen LogP contribution in [0.4, 0.5) is 19.0 Å². The topological polar surface area (TPSA) is 79.5 Å². The Morgan fingerprint density at radius 3 is 2.56 bits per heavy atom. The Hall–Kier alpha value is -2.89. The fourth-order valence-electron chi connectivity index (χ4n) is 6.90. The zero-order valence-corrected chi connectivity index (χ0v) is 22.1. The molecule has 0 amide bonds. The zero-order valence-electron chi connectivity index (χ0n) is 21.3. The Kier molecular flexibility index (Phi) is 5.51. The summed E-state index contributed by atoms with van der Waals surface area (Å²) in [6.07, 6.45) is -1.61. The molecule has 0 atom stereocenters. The number of rotatable bonds is 4. The molecule has 2 saturated carbocycles. The summed E-state index contributed by atoms with van der Waals surface area (Å²) in [6, 6.07) is 9.00. The van der Waals surface area contributed by atoms with Crippen LogP contribution in [0.15, 0.2) is 36.5 Å². The average Bonchev–Trinajstić information content (AvgIpc) is 3.15. The molecule has 8 nitrogen and oxygen atoms in total. The van der Waals surface area contributed by atoms with Crippen LogP contribution in [-0.4, -0.2) is 67.8 Å². The van der Waals surface area contributed by atoms with E-state index in [9.17, 15) is 18.3 Å². The third kappa shape index (κ3) is 3.92. The van der Waals surface area contributed by atoms with E-state index in [2.05, 4.69) is 24.6 Å². The van der Waals surface area contributed by atoms with Crippen LogP contribution >= 0.6 is 11.6 Å². The number of methoxy groups -OCH3 is 1. The molecule has 4 aliphatic rings. The number of fused-ring (bicyclic) bond motifs is 3. The highest BCUT2D eigenvalue weighted by Gasteiger charge is 2.62. The number of aliphatic hydroxyl groups is 1. The number of hydrogen-bond acceptors (Lipinski definition) is 7. The highest BCUT2D eigenvalue weighted by Crippen LogP contribution is 2.57. The summed E-state index contributed by atoms with van der Waals surface area (Å²) < 4.78 is 47.5. The second kappa shape index (κ2) is 8.55. The highest BCUT2D eigenvalue weighted by molar-refractivity contribution is 6.30. The highest BCUT2D eigenvalue weighted by atomic mass is 35.5. The average molecular weight is 561 g/mol. The maximum Gasteiger partial charge on any atom is 0.417 e. The summed E-state index contributed by atoms with van der Waals surface area (Å²) in [4.78, 5) is 8.70. The summed E-state index contributed by atoms with van der Waals surface area (Å²) in [6.45, 7) is 2.58. The van der Waals surface area contributed by atoms with Crippen LogP contribution in [0.5, 0.6) is 5.75 Å². The summed E-state index contributed by atoms with van der Waals surface area (Å²) in [5.41, 5.74) is -0.601. The number of ether oxygens (including phenoxy) is 1. The summed E-state index contributed by atoms with van der Waals surface area (Å²) >= 11 is 6.34. The molecule has 3 aromatic rings. The molecule has 1 N–H and O–H groups in total. The van der Waals surface area contributed by atoms with E-state index in [1.54, 1.807) is 13.3 Å². The van der Waals surface area contributed by atoms with Crippen molar-refractivity contribution in [1.29, 1.82) is 0 Å². The first-order chi connectivity index (χ1) is 18.6. The number of halogens is 4. The lowest BCUT2D eigenvalue weighted by Crippen LogP contribution is -2.62. The molecule has 12 heteroatoms. The molecule has 1 spiro atoms. The fraction of sp³-hybridized carbons (Fsp3) is 0.519. The van der Waals surface area contributed by atoms with Crippen molar-refractivity contribution in [2.45, 2.75) is 62.5 Å². The number of anilines is 1. The lowest BCUT2D eigenvalue weighted by Gasteiger charge is -2.59.